The molecule has 1 aromatic heterocycles. The summed E-state index contributed by atoms with van der Waals surface area (Å²) >= 11 is 1.58. The number of piperidine rings is 1. The highest BCUT2D eigenvalue weighted by Gasteiger charge is 2.28. The first-order valence-electron chi connectivity index (χ1n) is 8.74. The van der Waals surface area contributed by atoms with E-state index in [0.29, 0.717) is 29.9 Å². The number of hydrogen-bond donors (Lipinski definition) is 1. The van der Waals surface area contributed by atoms with Crippen LogP contribution in [0.2, 0.25) is 0 Å². The van der Waals surface area contributed by atoms with E-state index in [9.17, 15) is 4.79 Å². The van der Waals surface area contributed by atoms with Crippen LogP contribution in [0.4, 0.5) is 0 Å². The number of likely N-dealkylation sites (tertiary alicyclic amines) is 1. The molecule has 1 fully saturated rings. The lowest BCUT2D eigenvalue weighted by atomic mass is 9.92. The van der Waals surface area contributed by atoms with Gasteiger partial charge in [0.15, 0.2) is 0 Å². The molecule has 3 rings (SSSR count). The lowest BCUT2D eigenvalue weighted by Crippen LogP contribution is -2.49. The predicted molar refractivity (Wildman–Crippen MR) is 101 cm³/mol. The van der Waals surface area contributed by atoms with Gasteiger partial charge in [-0.3, -0.25) is 4.79 Å². The quantitative estimate of drug-likeness (QED) is 0.858. The summed E-state index contributed by atoms with van der Waals surface area (Å²) in [4.78, 5) is 19.0. The second-order valence-corrected chi connectivity index (χ2v) is 7.59. The molecular weight excluding hydrogens is 334 g/mol. The monoisotopic (exact) mass is 359 g/mol. The predicted octanol–water partition coefficient (Wildman–Crippen LogP) is 3.16. The van der Waals surface area contributed by atoms with Gasteiger partial charge in [0.25, 0.3) is 0 Å². The smallest absolute Gasteiger partial charge is 0.232 e. The average Bonchev–Trinajstić information content (AvgIpc) is 3.11. The molecule has 2 atom stereocenters. The van der Waals surface area contributed by atoms with Crippen molar-refractivity contribution in [2.24, 2.45) is 11.7 Å². The number of amides is 1. The molecule has 25 heavy (non-hydrogen) atoms. The second-order valence-electron chi connectivity index (χ2n) is 6.61. The number of carbonyl (C=O) groups excluding carboxylic acids is 1. The summed E-state index contributed by atoms with van der Waals surface area (Å²) in [6, 6.07) is 10.0. The lowest BCUT2D eigenvalue weighted by molar-refractivity contribution is -0.132. The van der Waals surface area contributed by atoms with Crippen LogP contribution in [-0.2, 0) is 10.5 Å². The summed E-state index contributed by atoms with van der Waals surface area (Å²) in [6.45, 7) is 3.60. The molecule has 1 aliphatic heterocycles. The van der Waals surface area contributed by atoms with E-state index in [2.05, 4.69) is 11.9 Å². The van der Waals surface area contributed by atoms with E-state index in [-0.39, 0.29) is 11.9 Å². The van der Waals surface area contributed by atoms with Gasteiger partial charge in [-0.05, 0) is 30.9 Å². The number of nitrogens with two attached hydrogens (primary N) is 1. The first kappa shape index (κ1) is 18.0. The Morgan fingerprint density at radius 2 is 2.20 bits per heavy atom. The standard InChI is InChI=1S/C19H25N3O2S/c1-14-7-8-22(17(9-14)10-20)18(23)13-25-12-16-11-24-19(21-16)15-5-3-2-4-6-15/h2-6,11,14,17H,7-10,12-13,20H2,1H3. The van der Waals surface area contributed by atoms with E-state index in [4.69, 9.17) is 10.2 Å². The van der Waals surface area contributed by atoms with Crippen molar-refractivity contribution in [1.82, 2.24) is 9.88 Å². The second kappa shape index (κ2) is 8.54. The molecular formula is C19H25N3O2S. The maximum Gasteiger partial charge on any atom is 0.232 e. The molecule has 5 nitrogen and oxygen atoms in total. The third kappa shape index (κ3) is 4.64. The number of nitrogens with zero attached hydrogens (tertiary/aromatic N) is 2. The molecule has 1 aliphatic rings. The molecule has 0 spiro atoms. The summed E-state index contributed by atoms with van der Waals surface area (Å²) < 4.78 is 5.53. The SMILES string of the molecule is CC1CCN(C(=O)CSCc2coc(-c3ccccc3)n2)C(CN)C1. The Hall–Kier alpha value is -1.79. The summed E-state index contributed by atoms with van der Waals surface area (Å²) in [7, 11) is 0. The molecule has 2 aromatic rings. The van der Waals surface area contributed by atoms with Gasteiger partial charge in [0, 0.05) is 30.4 Å². The molecule has 0 saturated carbocycles. The van der Waals surface area contributed by atoms with Crippen molar-refractivity contribution in [3.63, 3.8) is 0 Å². The maximum absolute atomic E-state index is 12.5. The molecule has 2 N–H and O–H groups in total. The van der Waals surface area contributed by atoms with Gasteiger partial charge >= 0.3 is 0 Å². The van der Waals surface area contributed by atoms with Crippen LogP contribution in [-0.4, -0.2) is 40.7 Å². The van der Waals surface area contributed by atoms with Crippen molar-refractivity contribution in [2.45, 2.75) is 31.6 Å². The summed E-state index contributed by atoms with van der Waals surface area (Å²) in [5.41, 5.74) is 7.67. The molecule has 1 amide bonds. The molecule has 0 aliphatic carbocycles. The first-order chi connectivity index (χ1) is 12.2. The number of rotatable bonds is 6. The Kier molecular flexibility index (Phi) is 6.15. The number of benzene rings is 1. The summed E-state index contributed by atoms with van der Waals surface area (Å²) in [5.74, 6) is 2.57. The zero-order valence-electron chi connectivity index (χ0n) is 14.6. The number of thioether (sulfide) groups is 1. The third-order valence-electron chi connectivity index (χ3n) is 4.62. The number of hydrogen-bond acceptors (Lipinski definition) is 5. The minimum Gasteiger partial charge on any atom is -0.444 e. The van der Waals surface area contributed by atoms with Crippen LogP contribution < -0.4 is 5.73 Å². The highest BCUT2D eigenvalue weighted by Crippen LogP contribution is 2.24. The summed E-state index contributed by atoms with van der Waals surface area (Å²) in [6.07, 6.45) is 3.75. The summed E-state index contributed by atoms with van der Waals surface area (Å²) in [5, 5.41) is 0. The minimum atomic E-state index is 0.180. The first-order valence-corrected chi connectivity index (χ1v) is 9.90. The van der Waals surface area contributed by atoms with Crippen molar-refractivity contribution < 1.29 is 9.21 Å². The van der Waals surface area contributed by atoms with E-state index < -0.39 is 0 Å². The van der Waals surface area contributed by atoms with Gasteiger partial charge < -0.3 is 15.1 Å². The normalized spacial score (nSPS) is 20.6. The van der Waals surface area contributed by atoms with Gasteiger partial charge in [0.2, 0.25) is 11.8 Å². The number of carbonyl (C=O) groups is 1. The molecule has 2 unspecified atom stereocenters. The van der Waals surface area contributed by atoms with Gasteiger partial charge in [0.05, 0.1) is 11.4 Å². The zero-order chi connectivity index (χ0) is 17.6. The van der Waals surface area contributed by atoms with E-state index in [1.54, 1.807) is 18.0 Å². The van der Waals surface area contributed by atoms with Crippen molar-refractivity contribution in [3.8, 4) is 11.5 Å². The van der Waals surface area contributed by atoms with Crippen molar-refractivity contribution in [2.75, 3.05) is 18.8 Å². The van der Waals surface area contributed by atoms with Crippen LogP contribution in [0.15, 0.2) is 41.0 Å². The third-order valence-corrected chi connectivity index (χ3v) is 5.57. The van der Waals surface area contributed by atoms with Crippen molar-refractivity contribution in [1.29, 1.82) is 0 Å². The maximum atomic E-state index is 12.5. The Morgan fingerprint density at radius 1 is 1.40 bits per heavy atom. The fraction of sp³-hybridized carbons (Fsp3) is 0.474. The van der Waals surface area contributed by atoms with Crippen LogP contribution in [0, 0.1) is 5.92 Å². The molecule has 0 radical (unpaired) electrons. The Balaban J connectivity index is 1.49. The van der Waals surface area contributed by atoms with Crippen molar-refractivity contribution in [3.05, 3.63) is 42.3 Å². The zero-order valence-corrected chi connectivity index (χ0v) is 15.4. The Labute approximate surface area is 153 Å². The largest absolute Gasteiger partial charge is 0.444 e. The minimum absolute atomic E-state index is 0.180. The molecule has 0 bridgehead atoms. The fourth-order valence-corrected chi connectivity index (χ4v) is 4.00. The van der Waals surface area contributed by atoms with Crippen molar-refractivity contribution >= 4 is 17.7 Å². The van der Waals surface area contributed by atoms with Gasteiger partial charge in [-0.1, -0.05) is 25.1 Å². The highest BCUT2D eigenvalue weighted by molar-refractivity contribution is 7.99. The number of oxazole rings is 1. The van der Waals surface area contributed by atoms with E-state index in [0.717, 1.165) is 30.6 Å². The lowest BCUT2D eigenvalue weighted by Gasteiger charge is -2.38. The van der Waals surface area contributed by atoms with E-state index >= 15 is 0 Å². The number of aromatic nitrogens is 1. The topological polar surface area (TPSA) is 72.4 Å². The molecule has 6 heteroatoms. The molecule has 2 heterocycles. The van der Waals surface area contributed by atoms with E-state index in [1.165, 1.54) is 0 Å². The van der Waals surface area contributed by atoms with Gasteiger partial charge in [0.1, 0.15) is 6.26 Å². The van der Waals surface area contributed by atoms with Gasteiger partial charge in [-0.2, -0.15) is 0 Å². The van der Waals surface area contributed by atoms with Crippen LogP contribution in [0.1, 0.15) is 25.5 Å². The highest BCUT2D eigenvalue weighted by atomic mass is 32.2. The average molecular weight is 359 g/mol. The van der Waals surface area contributed by atoms with Gasteiger partial charge in [-0.25, -0.2) is 4.98 Å². The van der Waals surface area contributed by atoms with Crippen LogP contribution in [0.5, 0.6) is 0 Å². The van der Waals surface area contributed by atoms with Crippen LogP contribution in [0.3, 0.4) is 0 Å². The Morgan fingerprint density at radius 3 is 2.96 bits per heavy atom. The van der Waals surface area contributed by atoms with E-state index in [1.807, 2.05) is 35.2 Å². The molecule has 1 saturated heterocycles. The van der Waals surface area contributed by atoms with Crippen LogP contribution >= 0.6 is 11.8 Å². The van der Waals surface area contributed by atoms with Crippen LogP contribution in [0.25, 0.3) is 11.5 Å². The fourth-order valence-electron chi connectivity index (χ4n) is 3.22. The molecule has 1 aromatic carbocycles. The Bertz CT molecular complexity index is 689. The van der Waals surface area contributed by atoms with Gasteiger partial charge in [-0.15, -0.1) is 11.8 Å². The molecule has 134 valence electrons.